The number of nitrogens with one attached hydrogen (secondary N) is 1. The van der Waals surface area contributed by atoms with Crippen LogP contribution in [0.25, 0.3) is 0 Å². The minimum Gasteiger partial charge on any atom is -0.481 e. The Bertz CT molecular complexity index is 393. The second kappa shape index (κ2) is 6.61. The van der Waals surface area contributed by atoms with Crippen molar-refractivity contribution in [3.05, 3.63) is 0 Å². The molecule has 4 N–H and O–H groups in total. The topological polar surface area (TPSA) is 124 Å². The first kappa shape index (κ1) is 16.3. The number of hydrogen-bond acceptors (Lipinski definition) is 4. The van der Waals surface area contributed by atoms with Crippen molar-refractivity contribution in [2.75, 3.05) is 19.3 Å². The quantitative estimate of drug-likeness (QED) is 0.511. The van der Waals surface area contributed by atoms with Gasteiger partial charge in [0.1, 0.15) is 11.9 Å². The number of hydrogen-bond donors (Lipinski definition) is 4. The Morgan fingerprint density at radius 1 is 1.37 bits per heavy atom. The van der Waals surface area contributed by atoms with Crippen molar-refractivity contribution in [2.24, 2.45) is 17.8 Å². The van der Waals surface area contributed by atoms with Crippen LogP contribution < -0.4 is 5.32 Å². The predicted octanol–water partition coefficient (Wildman–Crippen LogP) is 0.0697. The first-order chi connectivity index (χ1) is 8.69. The van der Waals surface area contributed by atoms with E-state index in [1.165, 1.54) is 0 Å². The fourth-order valence-corrected chi connectivity index (χ4v) is 3.05. The molecule has 0 aromatic carbocycles. The Balaban J connectivity index is 2.52. The molecule has 1 saturated heterocycles. The maximum absolute atomic E-state index is 11.7. The molecule has 0 bridgehead atoms. The van der Waals surface area contributed by atoms with Gasteiger partial charge in [0.2, 0.25) is 0 Å². The van der Waals surface area contributed by atoms with E-state index in [2.05, 4.69) is 5.32 Å². The van der Waals surface area contributed by atoms with Gasteiger partial charge in [-0.25, -0.2) is 0 Å². The summed E-state index contributed by atoms with van der Waals surface area (Å²) in [6.45, 7) is 2.65. The second-order valence-electron chi connectivity index (χ2n) is 5.22. The summed E-state index contributed by atoms with van der Waals surface area (Å²) in [5.41, 5.74) is 0. The average molecular weight is 293 g/mol. The lowest BCUT2D eigenvalue weighted by Crippen LogP contribution is -2.41. The Hall–Kier alpha value is -0.750. The van der Waals surface area contributed by atoms with E-state index in [0.717, 1.165) is 0 Å². The molecule has 1 aliphatic rings. The highest BCUT2D eigenvalue weighted by molar-refractivity contribution is 7.52. The van der Waals surface area contributed by atoms with Crippen LogP contribution in [0.3, 0.4) is 0 Å². The van der Waals surface area contributed by atoms with Crippen molar-refractivity contribution >= 4 is 19.3 Å². The van der Waals surface area contributed by atoms with Gasteiger partial charge in [-0.05, 0) is 25.3 Å². The molecule has 8 heteroatoms. The van der Waals surface area contributed by atoms with Crippen LogP contribution in [0.15, 0.2) is 0 Å². The van der Waals surface area contributed by atoms with Crippen molar-refractivity contribution in [3.63, 3.8) is 0 Å². The largest absolute Gasteiger partial charge is 0.481 e. The normalized spacial score (nSPS) is 25.8. The summed E-state index contributed by atoms with van der Waals surface area (Å²) in [4.78, 5) is 40.1. The fraction of sp³-hybridized carbons (Fsp3) is 0.818. The van der Waals surface area contributed by atoms with E-state index in [1.807, 2.05) is 0 Å². The molecule has 7 nitrogen and oxygen atoms in total. The SMILES string of the molecule is CC(CC1CNCC(C(=O)CP(=O)(O)O)C1)C(=O)O. The number of piperidine rings is 1. The number of Topliss-reactive ketones (excluding diaryl/α,β-unsaturated/α-hetero) is 1. The molecule has 1 aliphatic heterocycles. The molecule has 0 aromatic heterocycles. The van der Waals surface area contributed by atoms with Gasteiger partial charge in [-0.2, -0.15) is 0 Å². The van der Waals surface area contributed by atoms with Crippen molar-refractivity contribution in [1.82, 2.24) is 5.32 Å². The molecular weight excluding hydrogens is 273 g/mol. The zero-order chi connectivity index (χ0) is 14.6. The third kappa shape index (κ3) is 5.82. The predicted molar refractivity (Wildman–Crippen MR) is 67.8 cm³/mol. The maximum Gasteiger partial charge on any atom is 0.332 e. The van der Waals surface area contributed by atoms with Gasteiger partial charge >= 0.3 is 13.6 Å². The summed E-state index contributed by atoms with van der Waals surface area (Å²) >= 11 is 0. The van der Waals surface area contributed by atoms with Crippen molar-refractivity contribution in [2.45, 2.75) is 19.8 Å². The summed E-state index contributed by atoms with van der Waals surface area (Å²) in [5.74, 6) is -2.20. The molecule has 1 fully saturated rings. The summed E-state index contributed by atoms with van der Waals surface area (Å²) < 4.78 is 10.8. The standard InChI is InChI=1S/C11H20NO6P/c1-7(11(14)15)2-8-3-9(5-12-4-8)10(13)6-19(16,17)18/h7-9,12H,2-6H2,1H3,(H,14,15)(H2,16,17,18). The van der Waals surface area contributed by atoms with E-state index in [1.54, 1.807) is 6.92 Å². The van der Waals surface area contributed by atoms with E-state index < -0.39 is 37.3 Å². The first-order valence-corrected chi connectivity index (χ1v) is 7.99. The highest BCUT2D eigenvalue weighted by Crippen LogP contribution is 2.36. The van der Waals surface area contributed by atoms with Crippen molar-refractivity contribution in [3.8, 4) is 0 Å². The van der Waals surface area contributed by atoms with E-state index in [0.29, 0.717) is 25.9 Å². The fourth-order valence-electron chi connectivity index (χ4n) is 2.39. The van der Waals surface area contributed by atoms with E-state index in [4.69, 9.17) is 14.9 Å². The van der Waals surface area contributed by atoms with E-state index in [-0.39, 0.29) is 5.92 Å². The molecule has 110 valence electrons. The lowest BCUT2D eigenvalue weighted by molar-refractivity contribution is -0.141. The van der Waals surface area contributed by atoms with Gasteiger partial charge in [-0.3, -0.25) is 14.2 Å². The highest BCUT2D eigenvalue weighted by Gasteiger charge is 2.32. The Morgan fingerprint density at radius 3 is 2.53 bits per heavy atom. The summed E-state index contributed by atoms with van der Waals surface area (Å²) in [6, 6.07) is 0. The summed E-state index contributed by atoms with van der Waals surface area (Å²) in [7, 11) is -4.32. The third-order valence-corrected chi connectivity index (χ3v) is 4.09. The minimum atomic E-state index is -4.32. The van der Waals surface area contributed by atoms with Gasteiger partial charge in [-0.15, -0.1) is 0 Å². The molecule has 0 amide bonds. The number of rotatable bonds is 6. The number of aliphatic carboxylic acids is 1. The zero-order valence-corrected chi connectivity index (χ0v) is 11.7. The number of carboxylic acids is 1. The molecule has 1 rings (SSSR count). The van der Waals surface area contributed by atoms with E-state index in [9.17, 15) is 14.2 Å². The van der Waals surface area contributed by atoms with Crippen molar-refractivity contribution in [1.29, 1.82) is 0 Å². The highest BCUT2D eigenvalue weighted by atomic mass is 31.2. The number of carboxylic acid groups (broad SMARTS) is 1. The lowest BCUT2D eigenvalue weighted by Gasteiger charge is -2.30. The molecule has 0 aliphatic carbocycles. The van der Waals surface area contributed by atoms with Gasteiger partial charge in [-0.1, -0.05) is 6.92 Å². The second-order valence-corrected chi connectivity index (χ2v) is 6.87. The van der Waals surface area contributed by atoms with Crippen LogP contribution in [0, 0.1) is 17.8 Å². The monoisotopic (exact) mass is 293 g/mol. The van der Waals surface area contributed by atoms with Crippen LogP contribution in [0.5, 0.6) is 0 Å². The molecule has 0 radical (unpaired) electrons. The molecule has 19 heavy (non-hydrogen) atoms. The van der Waals surface area contributed by atoms with Crippen molar-refractivity contribution < 1.29 is 29.0 Å². The Morgan fingerprint density at radius 2 is 2.00 bits per heavy atom. The zero-order valence-electron chi connectivity index (χ0n) is 10.8. The Labute approximate surface area is 111 Å². The summed E-state index contributed by atoms with van der Waals surface area (Å²) in [6.07, 6.45) is 0.214. The van der Waals surface area contributed by atoms with E-state index >= 15 is 0 Å². The van der Waals surface area contributed by atoms with Crippen LogP contribution in [0.2, 0.25) is 0 Å². The molecule has 1 heterocycles. The summed E-state index contributed by atoms with van der Waals surface area (Å²) in [5, 5.41) is 11.9. The van der Waals surface area contributed by atoms with Crippen LogP contribution in [0.1, 0.15) is 19.8 Å². The smallest absolute Gasteiger partial charge is 0.332 e. The van der Waals surface area contributed by atoms with Crippen LogP contribution in [0.4, 0.5) is 0 Å². The molecule has 0 spiro atoms. The lowest BCUT2D eigenvalue weighted by atomic mass is 9.83. The Kier molecular flexibility index (Phi) is 5.67. The molecule has 3 atom stereocenters. The van der Waals surface area contributed by atoms with Gasteiger partial charge in [0.05, 0.1) is 5.92 Å². The maximum atomic E-state index is 11.7. The van der Waals surface area contributed by atoms with Crippen LogP contribution >= 0.6 is 7.60 Å². The molecule has 0 saturated carbocycles. The average Bonchev–Trinajstić information content (AvgIpc) is 2.27. The number of carbonyl (C=O) groups excluding carboxylic acids is 1. The molecular formula is C11H20NO6P. The van der Waals surface area contributed by atoms with Crippen LogP contribution in [-0.2, 0) is 14.2 Å². The molecule has 3 unspecified atom stereocenters. The van der Waals surface area contributed by atoms with Gasteiger partial charge in [0.15, 0.2) is 0 Å². The number of ketones is 1. The number of carbonyl (C=O) groups is 2. The van der Waals surface area contributed by atoms with Gasteiger partial charge in [0, 0.05) is 12.5 Å². The first-order valence-electron chi connectivity index (χ1n) is 6.20. The van der Waals surface area contributed by atoms with Gasteiger partial charge in [0.25, 0.3) is 0 Å². The van der Waals surface area contributed by atoms with Crippen LogP contribution in [-0.4, -0.2) is 45.9 Å². The third-order valence-electron chi connectivity index (χ3n) is 3.37. The molecule has 0 aromatic rings. The van der Waals surface area contributed by atoms with Gasteiger partial charge < -0.3 is 20.2 Å². The minimum absolute atomic E-state index is 0.0468.